The van der Waals surface area contributed by atoms with Gasteiger partial charge >= 0.3 is 5.97 Å². The van der Waals surface area contributed by atoms with E-state index < -0.39 is 11.5 Å². The highest BCUT2D eigenvalue weighted by molar-refractivity contribution is 5.77. The van der Waals surface area contributed by atoms with Crippen LogP contribution < -0.4 is 5.73 Å². The molecule has 1 fully saturated rings. The van der Waals surface area contributed by atoms with E-state index in [1.54, 1.807) is 6.92 Å². The minimum Gasteiger partial charge on any atom is -0.480 e. The Morgan fingerprint density at radius 3 is 2.76 bits per heavy atom. The number of carboxylic acids is 1. The molecule has 1 saturated heterocycles. The summed E-state index contributed by atoms with van der Waals surface area (Å²) in [7, 11) is 0. The molecule has 1 heterocycles. The Balaban J connectivity index is 2.61. The lowest BCUT2D eigenvalue weighted by molar-refractivity contribution is -0.143. The summed E-state index contributed by atoms with van der Waals surface area (Å²) in [4.78, 5) is 13.5. The Bertz CT molecular complexity index is 266. The normalized spacial score (nSPS) is 28.1. The molecule has 1 rings (SSSR count). The average molecular weight is 242 g/mol. The number of rotatable bonds is 4. The van der Waals surface area contributed by atoms with Crippen molar-refractivity contribution in [1.29, 1.82) is 0 Å². The molecule has 0 bridgehead atoms. The molecule has 0 amide bonds. The maximum atomic E-state index is 11.0. The second-order valence-corrected chi connectivity index (χ2v) is 5.71. The predicted octanol–water partition coefficient (Wildman–Crippen LogP) is 1.83. The van der Waals surface area contributed by atoms with Crippen molar-refractivity contribution in [3.05, 3.63) is 0 Å². The van der Waals surface area contributed by atoms with Crippen LogP contribution in [0, 0.1) is 0 Å². The summed E-state index contributed by atoms with van der Waals surface area (Å²) in [5.41, 5.74) is 4.71. The van der Waals surface area contributed by atoms with Crippen LogP contribution >= 0.6 is 0 Å². The van der Waals surface area contributed by atoms with Crippen LogP contribution in [0.15, 0.2) is 0 Å². The van der Waals surface area contributed by atoms with Crippen molar-refractivity contribution < 1.29 is 9.90 Å². The monoisotopic (exact) mass is 242 g/mol. The van der Waals surface area contributed by atoms with E-state index in [0.29, 0.717) is 12.5 Å². The smallest absolute Gasteiger partial charge is 0.323 e. The van der Waals surface area contributed by atoms with Crippen LogP contribution in [0.2, 0.25) is 0 Å². The quantitative estimate of drug-likeness (QED) is 0.789. The molecule has 3 unspecified atom stereocenters. The van der Waals surface area contributed by atoms with Crippen molar-refractivity contribution in [2.45, 2.75) is 70.5 Å². The number of aliphatic carboxylic acids is 1. The van der Waals surface area contributed by atoms with Gasteiger partial charge in [0.25, 0.3) is 0 Å². The average Bonchev–Trinajstić information content (AvgIpc) is 2.41. The first-order chi connectivity index (χ1) is 7.84. The summed E-state index contributed by atoms with van der Waals surface area (Å²) in [5, 5.41) is 9.07. The van der Waals surface area contributed by atoms with Gasteiger partial charge in [0.1, 0.15) is 5.54 Å². The molecule has 0 aromatic heterocycles. The zero-order valence-electron chi connectivity index (χ0n) is 11.3. The molecular weight excluding hydrogens is 216 g/mol. The molecule has 17 heavy (non-hydrogen) atoms. The largest absolute Gasteiger partial charge is 0.480 e. The van der Waals surface area contributed by atoms with Crippen LogP contribution in [0.5, 0.6) is 0 Å². The summed E-state index contributed by atoms with van der Waals surface area (Å²) in [6.07, 6.45) is 5.49. The number of likely N-dealkylation sites (tertiary alicyclic amines) is 1. The third-order valence-electron chi connectivity index (χ3n) is 3.88. The molecule has 0 spiro atoms. The summed E-state index contributed by atoms with van der Waals surface area (Å²) >= 11 is 0. The summed E-state index contributed by atoms with van der Waals surface area (Å²) in [6, 6.07) is 0.770. The van der Waals surface area contributed by atoms with Crippen LogP contribution in [0.1, 0.15) is 52.9 Å². The Hall–Kier alpha value is -0.610. The van der Waals surface area contributed by atoms with E-state index in [0.717, 1.165) is 6.54 Å². The van der Waals surface area contributed by atoms with Gasteiger partial charge in [0.05, 0.1) is 0 Å². The molecule has 0 aliphatic carbocycles. The SMILES string of the molecule is CC1CCCCCN1C(C)CC(C)(N)C(=O)O. The number of hydrogen-bond donors (Lipinski definition) is 2. The summed E-state index contributed by atoms with van der Waals surface area (Å²) in [5.74, 6) is -0.910. The topological polar surface area (TPSA) is 66.6 Å². The van der Waals surface area contributed by atoms with Gasteiger partial charge in [-0.3, -0.25) is 9.69 Å². The Labute approximate surface area is 104 Å². The molecule has 3 N–H and O–H groups in total. The van der Waals surface area contributed by atoms with Crippen molar-refractivity contribution in [2.24, 2.45) is 5.73 Å². The van der Waals surface area contributed by atoms with Crippen LogP contribution in [0.4, 0.5) is 0 Å². The van der Waals surface area contributed by atoms with Crippen molar-refractivity contribution >= 4 is 5.97 Å². The fourth-order valence-electron chi connectivity index (χ4n) is 2.77. The Kier molecular flexibility index (Phi) is 4.95. The third kappa shape index (κ3) is 3.96. The summed E-state index contributed by atoms with van der Waals surface area (Å²) in [6.45, 7) is 7.00. The molecular formula is C13H26N2O2. The zero-order valence-corrected chi connectivity index (χ0v) is 11.3. The lowest BCUT2D eigenvalue weighted by Crippen LogP contribution is -2.51. The predicted molar refractivity (Wildman–Crippen MR) is 68.9 cm³/mol. The first-order valence-electron chi connectivity index (χ1n) is 6.62. The number of hydrogen-bond acceptors (Lipinski definition) is 3. The van der Waals surface area contributed by atoms with E-state index in [4.69, 9.17) is 10.8 Å². The molecule has 100 valence electrons. The summed E-state index contributed by atoms with van der Waals surface area (Å²) < 4.78 is 0. The van der Waals surface area contributed by atoms with Gasteiger partial charge in [-0.15, -0.1) is 0 Å². The van der Waals surface area contributed by atoms with E-state index in [1.807, 2.05) is 0 Å². The lowest BCUT2D eigenvalue weighted by Gasteiger charge is -2.36. The van der Waals surface area contributed by atoms with Gasteiger partial charge in [-0.2, -0.15) is 0 Å². The van der Waals surface area contributed by atoms with Gasteiger partial charge in [-0.05, 0) is 46.6 Å². The molecule has 1 aliphatic heterocycles. The number of nitrogens with zero attached hydrogens (tertiary/aromatic N) is 1. The first kappa shape index (κ1) is 14.5. The Morgan fingerprint density at radius 1 is 1.53 bits per heavy atom. The number of carboxylic acid groups (broad SMARTS) is 1. The van der Waals surface area contributed by atoms with Gasteiger partial charge in [-0.1, -0.05) is 12.8 Å². The highest BCUT2D eigenvalue weighted by atomic mass is 16.4. The molecule has 3 atom stereocenters. The number of nitrogens with two attached hydrogens (primary N) is 1. The van der Waals surface area contributed by atoms with Crippen LogP contribution in [-0.4, -0.2) is 40.1 Å². The van der Waals surface area contributed by atoms with Gasteiger partial charge in [0.15, 0.2) is 0 Å². The van der Waals surface area contributed by atoms with E-state index >= 15 is 0 Å². The molecule has 0 aromatic rings. The molecule has 0 radical (unpaired) electrons. The molecule has 0 aromatic carbocycles. The Morgan fingerprint density at radius 2 is 2.18 bits per heavy atom. The van der Waals surface area contributed by atoms with E-state index in [2.05, 4.69) is 18.7 Å². The van der Waals surface area contributed by atoms with Crippen molar-refractivity contribution in [1.82, 2.24) is 4.90 Å². The van der Waals surface area contributed by atoms with E-state index in [-0.39, 0.29) is 6.04 Å². The van der Waals surface area contributed by atoms with E-state index in [9.17, 15) is 4.79 Å². The second kappa shape index (κ2) is 5.83. The van der Waals surface area contributed by atoms with Crippen molar-refractivity contribution in [3.63, 3.8) is 0 Å². The molecule has 0 saturated carbocycles. The zero-order chi connectivity index (χ0) is 13.1. The minimum atomic E-state index is -1.12. The molecule has 4 nitrogen and oxygen atoms in total. The fraction of sp³-hybridized carbons (Fsp3) is 0.923. The van der Waals surface area contributed by atoms with Gasteiger partial charge in [0, 0.05) is 12.1 Å². The maximum Gasteiger partial charge on any atom is 0.323 e. The van der Waals surface area contributed by atoms with E-state index in [1.165, 1.54) is 25.7 Å². The first-order valence-corrected chi connectivity index (χ1v) is 6.62. The molecule has 1 aliphatic rings. The van der Waals surface area contributed by atoms with Gasteiger partial charge in [-0.25, -0.2) is 0 Å². The minimum absolute atomic E-state index is 0.231. The van der Waals surface area contributed by atoms with Crippen LogP contribution in [0.25, 0.3) is 0 Å². The van der Waals surface area contributed by atoms with Gasteiger partial charge < -0.3 is 10.8 Å². The highest BCUT2D eigenvalue weighted by Gasteiger charge is 2.33. The van der Waals surface area contributed by atoms with Crippen LogP contribution in [0.3, 0.4) is 0 Å². The number of carbonyl (C=O) groups is 1. The third-order valence-corrected chi connectivity index (χ3v) is 3.88. The highest BCUT2D eigenvalue weighted by Crippen LogP contribution is 2.22. The lowest BCUT2D eigenvalue weighted by atomic mass is 9.93. The van der Waals surface area contributed by atoms with Crippen LogP contribution in [-0.2, 0) is 4.79 Å². The van der Waals surface area contributed by atoms with Gasteiger partial charge in [0.2, 0.25) is 0 Å². The second-order valence-electron chi connectivity index (χ2n) is 5.71. The molecule has 4 heteroatoms. The van der Waals surface area contributed by atoms with Crippen molar-refractivity contribution in [2.75, 3.05) is 6.54 Å². The standard InChI is InChI=1S/C13H26N2O2/c1-10-7-5-4-6-8-15(10)11(2)9-13(3,14)12(16)17/h10-11H,4-9,14H2,1-3H3,(H,16,17). The maximum absolute atomic E-state index is 11.0. The fourth-order valence-corrected chi connectivity index (χ4v) is 2.77. The van der Waals surface area contributed by atoms with Crippen molar-refractivity contribution in [3.8, 4) is 0 Å².